The third kappa shape index (κ3) is 2.14. The molecule has 0 saturated carbocycles. The molecule has 0 N–H and O–H groups in total. The van der Waals surface area contributed by atoms with Crippen molar-refractivity contribution in [2.24, 2.45) is 0 Å². The largest absolute Gasteiger partial charge is 0.465 e. The van der Waals surface area contributed by atoms with Crippen LogP contribution >= 0.6 is 0 Å². The van der Waals surface area contributed by atoms with Gasteiger partial charge in [-0.15, -0.1) is 0 Å². The zero-order valence-electron chi connectivity index (χ0n) is 9.01. The van der Waals surface area contributed by atoms with Crippen molar-refractivity contribution in [1.29, 1.82) is 0 Å². The lowest BCUT2D eigenvalue weighted by Crippen LogP contribution is -2.25. The first kappa shape index (κ1) is 10.9. The molecule has 1 unspecified atom stereocenters. The lowest BCUT2D eigenvalue weighted by atomic mass is 10.1. The number of non-ortho nitro benzene ring substituents is 1. The van der Waals surface area contributed by atoms with Gasteiger partial charge in [-0.3, -0.25) is 10.1 Å². The Bertz CT molecular complexity index is 405. The van der Waals surface area contributed by atoms with Crippen LogP contribution in [0.3, 0.4) is 0 Å². The Morgan fingerprint density at radius 1 is 1.62 bits per heavy atom. The molecule has 0 spiro atoms. The number of hydrogen-bond acceptors (Lipinski definition) is 4. The topological polar surface area (TPSA) is 61.6 Å². The van der Waals surface area contributed by atoms with Crippen molar-refractivity contribution in [2.75, 3.05) is 6.61 Å². The molecule has 0 saturated heterocycles. The van der Waals surface area contributed by atoms with Crippen LogP contribution in [0.25, 0.3) is 0 Å². The van der Waals surface area contributed by atoms with Gasteiger partial charge >= 0.3 is 0 Å². The van der Waals surface area contributed by atoms with Gasteiger partial charge in [-0.05, 0) is 19.4 Å². The van der Waals surface area contributed by atoms with Gasteiger partial charge in [0.05, 0.1) is 4.92 Å². The Hall–Kier alpha value is -1.62. The van der Waals surface area contributed by atoms with Crippen LogP contribution in [0.1, 0.15) is 18.9 Å². The Morgan fingerprint density at radius 2 is 2.44 bits per heavy atom. The van der Waals surface area contributed by atoms with Crippen LogP contribution in [0.2, 0.25) is 0 Å². The number of nitro benzene ring substituents is 1. The zero-order chi connectivity index (χ0) is 11.5. The van der Waals surface area contributed by atoms with Crippen molar-refractivity contribution >= 4 is 5.69 Å². The molecule has 0 fully saturated rings. The maximum absolute atomic E-state index is 10.6. The van der Waals surface area contributed by atoms with Crippen LogP contribution in [-0.2, 0) is 11.2 Å². The lowest BCUT2D eigenvalue weighted by molar-refractivity contribution is -0.385. The predicted octanol–water partition coefficient (Wildman–Crippen LogP) is 2.28. The Labute approximate surface area is 93.1 Å². The minimum Gasteiger partial charge on any atom is -0.465 e. The number of fused-ring (bicyclic) bond motifs is 1. The standard InChI is InChI=1S/C11H13NO4/c1-2-15-11-6-3-8-7-9(12(13)14)4-5-10(8)16-11/h4-5,7,11H,2-3,6H2,1H3. The first-order valence-electron chi connectivity index (χ1n) is 5.26. The van der Waals surface area contributed by atoms with Crippen molar-refractivity contribution in [3.63, 3.8) is 0 Å². The van der Waals surface area contributed by atoms with Crippen molar-refractivity contribution in [3.8, 4) is 5.75 Å². The number of rotatable bonds is 3. The first-order valence-corrected chi connectivity index (χ1v) is 5.26. The van der Waals surface area contributed by atoms with Gasteiger partial charge in [-0.1, -0.05) is 0 Å². The molecular formula is C11H13NO4. The highest BCUT2D eigenvalue weighted by molar-refractivity contribution is 5.44. The molecule has 1 aliphatic rings. The smallest absolute Gasteiger partial charge is 0.269 e. The molecule has 16 heavy (non-hydrogen) atoms. The molecule has 0 aliphatic carbocycles. The molecule has 0 amide bonds. The summed E-state index contributed by atoms with van der Waals surface area (Å²) in [5, 5.41) is 10.6. The highest BCUT2D eigenvalue weighted by Gasteiger charge is 2.21. The van der Waals surface area contributed by atoms with E-state index in [0.717, 1.165) is 18.4 Å². The molecule has 1 aliphatic heterocycles. The number of nitrogens with zero attached hydrogens (tertiary/aromatic N) is 1. The van der Waals surface area contributed by atoms with Gasteiger partial charge in [-0.25, -0.2) is 0 Å². The minimum absolute atomic E-state index is 0.109. The summed E-state index contributed by atoms with van der Waals surface area (Å²) in [6.45, 7) is 2.52. The van der Waals surface area contributed by atoms with E-state index in [1.165, 1.54) is 6.07 Å². The Morgan fingerprint density at radius 3 is 3.12 bits per heavy atom. The summed E-state index contributed by atoms with van der Waals surface area (Å²) in [5.41, 5.74) is 0.988. The SMILES string of the molecule is CCOC1CCc2cc([N+](=O)[O-])ccc2O1. The average Bonchev–Trinajstić information content (AvgIpc) is 2.28. The molecule has 0 bridgehead atoms. The Balaban J connectivity index is 2.19. The summed E-state index contributed by atoms with van der Waals surface area (Å²) < 4.78 is 10.9. The summed E-state index contributed by atoms with van der Waals surface area (Å²) >= 11 is 0. The minimum atomic E-state index is -0.394. The van der Waals surface area contributed by atoms with Gasteiger partial charge in [0.15, 0.2) is 6.29 Å². The second-order valence-electron chi connectivity index (χ2n) is 3.59. The fourth-order valence-electron chi connectivity index (χ4n) is 1.77. The molecule has 1 heterocycles. The third-order valence-corrected chi connectivity index (χ3v) is 2.52. The molecule has 5 heteroatoms. The summed E-state index contributed by atoms with van der Waals surface area (Å²) in [5.74, 6) is 0.690. The van der Waals surface area contributed by atoms with E-state index in [-0.39, 0.29) is 12.0 Å². The van der Waals surface area contributed by atoms with E-state index in [1.807, 2.05) is 6.92 Å². The van der Waals surface area contributed by atoms with E-state index in [4.69, 9.17) is 9.47 Å². The summed E-state index contributed by atoms with van der Waals surface area (Å²) in [6, 6.07) is 4.66. The number of aryl methyl sites for hydroxylation is 1. The van der Waals surface area contributed by atoms with Crippen LogP contribution in [0.15, 0.2) is 18.2 Å². The van der Waals surface area contributed by atoms with E-state index in [0.29, 0.717) is 12.4 Å². The van der Waals surface area contributed by atoms with Crippen LogP contribution < -0.4 is 4.74 Å². The van der Waals surface area contributed by atoms with Crippen molar-refractivity contribution in [3.05, 3.63) is 33.9 Å². The number of benzene rings is 1. The summed E-state index contributed by atoms with van der Waals surface area (Å²) in [6.07, 6.45) is 1.27. The second kappa shape index (κ2) is 4.49. The maximum atomic E-state index is 10.6. The van der Waals surface area contributed by atoms with Crippen LogP contribution in [-0.4, -0.2) is 17.8 Å². The van der Waals surface area contributed by atoms with E-state index in [9.17, 15) is 10.1 Å². The number of hydrogen-bond donors (Lipinski definition) is 0. The maximum Gasteiger partial charge on any atom is 0.269 e. The van der Waals surface area contributed by atoms with Crippen molar-refractivity contribution in [1.82, 2.24) is 0 Å². The normalized spacial score (nSPS) is 18.7. The van der Waals surface area contributed by atoms with Gasteiger partial charge < -0.3 is 9.47 Å². The molecule has 0 aromatic heterocycles. The van der Waals surface area contributed by atoms with Crippen LogP contribution in [0.5, 0.6) is 5.75 Å². The average molecular weight is 223 g/mol. The highest BCUT2D eigenvalue weighted by atomic mass is 16.7. The predicted molar refractivity (Wildman–Crippen MR) is 57.5 cm³/mol. The highest BCUT2D eigenvalue weighted by Crippen LogP contribution is 2.30. The molecular weight excluding hydrogens is 210 g/mol. The third-order valence-electron chi connectivity index (χ3n) is 2.52. The molecule has 2 rings (SSSR count). The number of nitro groups is 1. The van der Waals surface area contributed by atoms with E-state index >= 15 is 0 Å². The Kier molecular flexibility index (Phi) is 3.05. The quantitative estimate of drug-likeness (QED) is 0.582. The van der Waals surface area contributed by atoms with E-state index < -0.39 is 4.92 Å². The van der Waals surface area contributed by atoms with Gasteiger partial charge in [0, 0.05) is 30.7 Å². The fraction of sp³-hybridized carbons (Fsp3) is 0.455. The second-order valence-corrected chi connectivity index (χ2v) is 3.59. The van der Waals surface area contributed by atoms with E-state index in [1.54, 1.807) is 12.1 Å². The molecule has 86 valence electrons. The molecule has 1 aromatic carbocycles. The van der Waals surface area contributed by atoms with Crippen molar-refractivity contribution < 1.29 is 14.4 Å². The summed E-state index contributed by atoms with van der Waals surface area (Å²) in [7, 11) is 0. The molecule has 1 atom stereocenters. The lowest BCUT2D eigenvalue weighted by Gasteiger charge is -2.25. The van der Waals surface area contributed by atoms with Crippen LogP contribution in [0, 0.1) is 10.1 Å². The molecule has 1 aromatic rings. The first-order chi connectivity index (χ1) is 7.70. The number of ether oxygens (including phenoxy) is 2. The monoisotopic (exact) mass is 223 g/mol. The van der Waals surface area contributed by atoms with Crippen molar-refractivity contribution in [2.45, 2.75) is 26.1 Å². The molecule has 5 nitrogen and oxygen atoms in total. The summed E-state index contributed by atoms with van der Waals surface area (Å²) in [4.78, 5) is 10.2. The van der Waals surface area contributed by atoms with E-state index in [2.05, 4.69) is 0 Å². The van der Waals surface area contributed by atoms with Gasteiger partial charge in [0.1, 0.15) is 5.75 Å². The van der Waals surface area contributed by atoms with Gasteiger partial charge in [0.25, 0.3) is 5.69 Å². The van der Waals surface area contributed by atoms with Crippen LogP contribution in [0.4, 0.5) is 5.69 Å². The van der Waals surface area contributed by atoms with Gasteiger partial charge in [0.2, 0.25) is 0 Å². The fourth-order valence-corrected chi connectivity index (χ4v) is 1.77. The zero-order valence-corrected chi connectivity index (χ0v) is 9.01. The van der Waals surface area contributed by atoms with Gasteiger partial charge in [-0.2, -0.15) is 0 Å². The molecule has 0 radical (unpaired) electrons.